The summed E-state index contributed by atoms with van der Waals surface area (Å²) in [5.41, 5.74) is 4.40. The van der Waals surface area contributed by atoms with E-state index in [0.29, 0.717) is 16.1 Å². The van der Waals surface area contributed by atoms with Crippen LogP contribution in [-0.4, -0.2) is 16.3 Å². The average Bonchev–Trinajstić information content (AvgIpc) is 2.80. The summed E-state index contributed by atoms with van der Waals surface area (Å²) in [5, 5.41) is 11.5. The zero-order valence-electron chi connectivity index (χ0n) is 12.1. The van der Waals surface area contributed by atoms with Gasteiger partial charge in [-0.25, -0.2) is 0 Å². The lowest BCUT2D eigenvalue weighted by molar-refractivity contribution is 0.480. The Morgan fingerprint density at radius 3 is 2.55 bits per heavy atom. The van der Waals surface area contributed by atoms with E-state index in [1.165, 1.54) is 0 Å². The van der Waals surface area contributed by atoms with E-state index in [-0.39, 0.29) is 5.75 Å². The van der Waals surface area contributed by atoms with E-state index in [0.717, 1.165) is 26.8 Å². The Morgan fingerprint density at radius 1 is 1.18 bits per heavy atom. The molecule has 1 aromatic heterocycles. The molecule has 2 aromatic carbocycles. The van der Waals surface area contributed by atoms with Crippen LogP contribution >= 0.6 is 27.5 Å². The van der Waals surface area contributed by atoms with Crippen molar-refractivity contribution in [3.05, 3.63) is 56.6 Å². The molecule has 0 aliphatic carbocycles. The summed E-state index contributed by atoms with van der Waals surface area (Å²) < 4.78 is 0.745. The van der Waals surface area contributed by atoms with Crippen LogP contribution in [-0.2, 0) is 0 Å². The number of hydrogen-bond acceptors (Lipinski definition) is 2. The minimum Gasteiger partial charge on any atom is -0.505 e. The number of aromatic nitrogens is 1. The molecule has 0 saturated carbocycles. The SMILES string of the molecule is Cc1cccc(C)c1N=Cc1[nH]c2ccc(Br)c(Cl)c2c1O. The second-order valence-corrected chi connectivity index (χ2v) is 6.40. The van der Waals surface area contributed by atoms with Crippen molar-refractivity contribution in [3.8, 4) is 5.75 Å². The molecule has 5 heteroatoms. The van der Waals surface area contributed by atoms with Gasteiger partial charge in [0, 0.05) is 4.47 Å². The molecule has 0 unspecified atom stereocenters. The zero-order chi connectivity index (χ0) is 15.9. The van der Waals surface area contributed by atoms with Gasteiger partial charge in [0.25, 0.3) is 0 Å². The molecular formula is C17H14BrClN2O. The van der Waals surface area contributed by atoms with Crippen LogP contribution < -0.4 is 0 Å². The molecule has 0 aliphatic rings. The smallest absolute Gasteiger partial charge is 0.151 e. The van der Waals surface area contributed by atoms with E-state index in [4.69, 9.17) is 11.6 Å². The molecule has 0 amide bonds. The number of halogens is 2. The van der Waals surface area contributed by atoms with Crippen molar-refractivity contribution in [1.29, 1.82) is 0 Å². The van der Waals surface area contributed by atoms with Crippen molar-refractivity contribution < 1.29 is 5.11 Å². The van der Waals surface area contributed by atoms with Gasteiger partial charge in [-0.2, -0.15) is 0 Å². The fraction of sp³-hybridized carbons (Fsp3) is 0.118. The molecule has 0 spiro atoms. The summed E-state index contributed by atoms with van der Waals surface area (Å²) >= 11 is 9.60. The number of H-pyrrole nitrogens is 1. The Labute approximate surface area is 141 Å². The number of aliphatic imine (C=N–C) groups is 1. The summed E-state index contributed by atoms with van der Waals surface area (Å²) in [6.45, 7) is 4.03. The first-order chi connectivity index (χ1) is 10.5. The Hall–Kier alpha value is -1.78. The van der Waals surface area contributed by atoms with Crippen LogP contribution in [0.25, 0.3) is 10.9 Å². The van der Waals surface area contributed by atoms with E-state index in [2.05, 4.69) is 25.9 Å². The summed E-state index contributed by atoms with van der Waals surface area (Å²) in [6, 6.07) is 9.73. The Bertz CT molecular complexity index is 879. The number of para-hydroxylation sites is 1. The van der Waals surface area contributed by atoms with Crippen molar-refractivity contribution in [2.45, 2.75) is 13.8 Å². The van der Waals surface area contributed by atoms with Crippen LogP contribution in [0.3, 0.4) is 0 Å². The molecule has 22 heavy (non-hydrogen) atoms. The summed E-state index contributed by atoms with van der Waals surface area (Å²) in [4.78, 5) is 7.65. The first-order valence-corrected chi connectivity index (χ1v) is 7.95. The average molecular weight is 378 g/mol. The predicted molar refractivity (Wildman–Crippen MR) is 95.8 cm³/mol. The molecule has 3 rings (SSSR count). The van der Waals surface area contributed by atoms with Crippen LogP contribution in [0.15, 0.2) is 39.8 Å². The fourth-order valence-corrected chi connectivity index (χ4v) is 3.04. The van der Waals surface area contributed by atoms with Crippen molar-refractivity contribution in [2.75, 3.05) is 0 Å². The Kier molecular flexibility index (Phi) is 3.98. The topological polar surface area (TPSA) is 48.4 Å². The van der Waals surface area contributed by atoms with E-state index < -0.39 is 0 Å². The molecule has 2 N–H and O–H groups in total. The van der Waals surface area contributed by atoms with Crippen molar-refractivity contribution in [2.24, 2.45) is 4.99 Å². The lowest BCUT2D eigenvalue weighted by Gasteiger charge is -2.03. The third-order valence-corrected chi connectivity index (χ3v) is 4.90. The van der Waals surface area contributed by atoms with Crippen LogP contribution in [0.4, 0.5) is 5.69 Å². The first kappa shape index (κ1) is 15.1. The monoisotopic (exact) mass is 376 g/mol. The molecule has 112 valence electrons. The van der Waals surface area contributed by atoms with Gasteiger partial charge >= 0.3 is 0 Å². The standard InChI is InChI=1S/C17H14BrClN2O/c1-9-4-3-5-10(2)16(9)20-8-13-17(22)14-12(21-13)7-6-11(18)15(14)19/h3-8,21-22H,1-2H3. The van der Waals surface area contributed by atoms with E-state index in [1.54, 1.807) is 6.21 Å². The molecule has 0 atom stereocenters. The van der Waals surface area contributed by atoms with Crippen LogP contribution in [0.5, 0.6) is 5.75 Å². The maximum Gasteiger partial charge on any atom is 0.151 e. The summed E-state index contributed by atoms with van der Waals surface area (Å²) in [6.07, 6.45) is 1.63. The molecule has 0 saturated heterocycles. The third-order valence-electron chi connectivity index (χ3n) is 3.62. The molecule has 1 heterocycles. The maximum absolute atomic E-state index is 10.4. The minimum atomic E-state index is 0.108. The number of nitrogens with one attached hydrogen (secondary N) is 1. The van der Waals surface area contributed by atoms with Crippen molar-refractivity contribution in [3.63, 3.8) is 0 Å². The van der Waals surface area contributed by atoms with Gasteiger partial charge in [0.15, 0.2) is 5.75 Å². The van der Waals surface area contributed by atoms with Gasteiger partial charge in [-0.3, -0.25) is 4.99 Å². The molecule has 0 fully saturated rings. The van der Waals surface area contributed by atoms with Crippen molar-refractivity contribution >= 4 is 50.3 Å². The fourth-order valence-electron chi connectivity index (χ4n) is 2.46. The number of rotatable bonds is 2. The highest BCUT2D eigenvalue weighted by Crippen LogP contribution is 2.38. The quantitative estimate of drug-likeness (QED) is 0.556. The number of aryl methyl sites for hydroxylation is 2. The number of hydrogen-bond donors (Lipinski definition) is 2. The minimum absolute atomic E-state index is 0.108. The second-order valence-electron chi connectivity index (χ2n) is 5.17. The largest absolute Gasteiger partial charge is 0.505 e. The normalized spacial score (nSPS) is 11.6. The number of fused-ring (bicyclic) bond motifs is 1. The van der Waals surface area contributed by atoms with Gasteiger partial charge in [0.05, 0.1) is 27.8 Å². The first-order valence-electron chi connectivity index (χ1n) is 6.78. The Morgan fingerprint density at radius 2 is 1.86 bits per heavy atom. The highest BCUT2D eigenvalue weighted by Gasteiger charge is 2.14. The lowest BCUT2D eigenvalue weighted by atomic mass is 10.1. The Balaban J connectivity index is 2.10. The van der Waals surface area contributed by atoms with E-state index in [1.807, 2.05) is 44.2 Å². The highest BCUT2D eigenvalue weighted by molar-refractivity contribution is 9.10. The molecule has 3 nitrogen and oxygen atoms in total. The zero-order valence-corrected chi connectivity index (χ0v) is 14.5. The van der Waals surface area contributed by atoms with Gasteiger partial charge in [-0.15, -0.1) is 0 Å². The predicted octanol–water partition coefficient (Wildman–Crippen LogP) is 5.66. The summed E-state index contributed by atoms with van der Waals surface area (Å²) in [5.74, 6) is 0.108. The number of nitrogens with zero attached hydrogens (tertiary/aromatic N) is 1. The van der Waals surface area contributed by atoms with Gasteiger partial charge in [-0.05, 0) is 53.0 Å². The second kappa shape index (κ2) is 5.78. The number of aromatic amines is 1. The number of aromatic hydroxyl groups is 1. The lowest BCUT2D eigenvalue weighted by Crippen LogP contribution is -1.84. The van der Waals surface area contributed by atoms with Gasteiger partial charge < -0.3 is 10.1 Å². The molecular weight excluding hydrogens is 364 g/mol. The molecule has 0 bridgehead atoms. The van der Waals surface area contributed by atoms with Gasteiger partial charge in [-0.1, -0.05) is 29.8 Å². The van der Waals surface area contributed by atoms with Crippen LogP contribution in [0.1, 0.15) is 16.8 Å². The molecule has 0 radical (unpaired) electrons. The molecule has 0 aliphatic heterocycles. The van der Waals surface area contributed by atoms with Crippen LogP contribution in [0, 0.1) is 13.8 Å². The summed E-state index contributed by atoms with van der Waals surface area (Å²) in [7, 11) is 0. The molecule has 3 aromatic rings. The number of benzene rings is 2. The maximum atomic E-state index is 10.4. The van der Waals surface area contributed by atoms with E-state index in [9.17, 15) is 5.11 Å². The van der Waals surface area contributed by atoms with Crippen molar-refractivity contribution in [1.82, 2.24) is 4.98 Å². The van der Waals surface area contributed by atoms with Gasteiger partial charge in [0.1, 0.15) is 5.69 Å². The third kappa shape index (κ3) is 2.53. The van der Waals surface area contributed by atoms with Crippen LogP contribution in [0.2, 0.25) is 5.02 Å². The highest BCUT2D eigenvalue weighted by atomic mass is 79.9. The van der Waals surface area contributed by atoms with E-state index >= 15 is 0 Å². The van der Waals surface area contributed by atoms with Gasteiger partial charge in [0.2, 0.25) is 0 Å².